The highest BCUT2D eigenvalue weighted by molar-refractivity contribution is 7.81. The van der Waals surface area contributed by atoms with Gasteiger partial charge in [0.25, 0.3) is 0 Å². The molecule has 2 rings (SSSR count). The fraction of sp³-hybridized carbons (Fsp3) is 0.286. The summed E-state index contributed by atoms with van der Waals surface area (Å²) in [6, 6.07) is 7.81. The number of nitrogens with two attached hydrogens (primary N) is 1. The topological polar surface area (TPSA) is 57.4 Å². The Balaban J connectivity index is 2.32. The number of hydrogen-bond donors (Lipinski definition) is 1. The summed E-state index contributed by atoms with van der Waals surface area (Å²) in [7, 11) is 1.62. The van der Waals surface area contributed by atoms with E-state index in [9.17, 15) is 0 Å². The smallest absolute Gasteiger partial charge is 0.124 e. The average molecular weight is 308 g/mol. The van der Waals surface area contributed by atoms with Crippen molar-refractivity contribution in [3.8, 4) is 16.3 Å². The molecule has 0 radical (unpaired) electrons. The molecule has 0 bridgehead atoms. The lowest BCUT2D eigenvalue weighted by atomic mass is 10.2. The second kappa shape index (κ2) is 6.78. The van der Waals surface area contributed by atoms with E-state index in [0.717, 1.165) is 26.9 Å². The van der Waals surface area contributed by atoms with Crippen LogP contribution in [0.3, 0.4) is 0 Å². The van der Waals surface area contributed by atoms with E-state index in [-0.39, 0.29) is 0 Å². The molecule has 6 heteroatoms. The largest absolute Gasteiger partial charge is 0.494 e. The summed E-state index contributed by atoms with van der Waals surface area (Å²) in [6.45, 7) is 3.01. The number of rotatable bonds is 6. The summed E-state index contributed by atoms with van der Waals surface area (Å²) in [6.07, 6.45) is 0. The van der Waals surface area contributed by atoms with Gasteiger partial charge in [0.2, 0.25) is 0 Å². The molecule has 2 N–H and O–H groups in total. The summed E-state index contributed by atoms with van der Waals surface area (Å²) < 4.78 is 10.6. The zero-order chi connectivity index (χ0) is 14.5. The van der Waals surface area contributed by atoms with Gasteiger partial charge in [-0.1, -0.05) is 12.2 Å². The average Bonchev–Trinajstić information content (AvgIpc) is 2.85. The molecular weight excluding hydrogens is 292 g/mol. The quantitative estimate of drug-likeness (QED) is 0.831. The van der Waals surface area contributed by atoms with Crippen LogP contribution in [0.4, 0.5) is 0 Å². The van der Waals surface area contributed by atoms with Gasteiger partial charge in [0.05, 0.1) is 23.8 Å². The summed E-state index contributed by atoms with van der Waals surface area (Å²) >= 11 is 6.54. The highest BCUT2D eigenvalue weighted by Gasteiger charge is 2.14. The lowest BCUT2D eigenvalue weighted by Crippen LogP contribution is -2.10. The van der Waals surface area contributed by atoms with Gasteiger partial charge in [-0.3, -0.25) is 0 Å². The lowest BCUT2D eigenvalue weighted by Gasteiger charge is -2.02. The van der Waals surface area contributed by atoms with Crippen molar-refractivity contribution in [3.05, 3.63) is 34.8 Å². The molecule has 0 unspecified atom stereocenters. The molecule has 0 saturated heterocycles. The predicted octanol–water partition coefficient (Wildman–Crippen LogP) is 2.99. The Morgan fingerprint density at radius 1 is 1.35 bits per heavy atom. The predicted molar refractivity (Wildman–Crippen MR) is 85.3 cm³/mol. The molecule has 1 aromatic carbocycles. The van der Waals surface area contributed by atoms with Gasteiger partial charge in [-0.25, -0.2) is 4.98 Å². The Morgan fingerprint density at radius 2 is 2.05 bits per heavy atom. The third-order valence-corrected chi connectivity index (χ3v) is 4.13. The molecule has 0 aliphatic heterocycles. The van der Waals surface area contributed by atoms with Crippen molar-refractivity contribution in [1.82, 2.24) is 4.98 Å². The summed E-state index contributed by atoms with van der Waals surface area (Å²) in [5.41, 5.74) is 7.52. The Morgan fingerprint density at radius 3 is 2.60 bits per heavy atom. The first-order chi connectivity index (χ1) is 9.65. The maximum Gasteiger partial charge on any atom is 0.124 e. The molecule has 0 fully saturated rings. The first kappa shape index (κ1) is 14.9. The molecule has 0 atom stereocenters. The van der Waals surface area contributed by atoms with Crippen LogP contribution >= 0.6 is 23.6 Å². The molecule has 0 amide bonds. The van der Waals surface area contributed by atoms with E-state index in [4.69, 9.17) is 27.4 Å². The van der Waals surface area contributed by atoms with Crippen LogP contribution in [0, 0.1) is 0 Å². The molecule has 0 spiro atoms. The van der Waals surface area contributed by atoms with E-state index in [2.05, 4.69) is 4.98 Å². The lowest BCUT2D eigenvalue weighted by molar-refractivity contribution is 0.182. The molecule has 0 aliphatic carbocycles. The third kappa shape index (κ3) is 3.33. The Bertz CT molecular complexity index is 594. The number of hydrogen-bond acceptors (Lipinski definition) is 5. The van der Waals surface area contributed by atoms with Crippen molar-refractivity contribution < 1.29 is 9.47 Å². The zero-order valence-corrected chi connectivity index (χ0v) is 13.0. The fourth-order valence-electron chi connectivity index (χ4n) is 1.76. The van der Waals surface area contributed by atoms with Crippen LogP contribution < -0.4 is 10.5 Å². The van der Waals surface area contributed by atoms with Gasteiger partial charge in [0, 0.05) is 12.7 Å². The standard InChI is InChI=1S/C14H16N2O2S2/c1-3-18-10-6-4-9(5-7-10)14-16-11(8-17-2)12(20-14)13(15)19/h4-7H,3,8H2,1-2H3,(H2,15,19). The summed E-state index contributed by atoms with van der Waals surface area (Å²) in [5.74, 6) is 0.847. The SMILES string of the molecule is CCOc1ccc(-c2nc(COC)c(C(N)=S)s2)cc1. The van der Waals surface area contributed by atoms with E-state index >= 15 is 0 Å². The highest BCUT2D eigenvalue weighted by Crippen LogP contribution is 2.29. The van der Waals surface area contributed by atoms with E-state index < -0.39 is 0 Å². The molecular formula is C14H16N2O2S2. The number of thiocarbonyl (C=S) groups is 1. The van der Waals surface area contributed by atoms with Gasteiger partial charge < -0.3 is 15.2 Å². The van der Waals surface area contributed by atoms with Gasteiger partial charge >= 0.3 is 0 Å². The van der Waals surface area contributed by atoms with Crippen molar-refractivity contribution in [2.24, 2.45) is 5.73 Å². The van der Waals surface area contributed by atoms with Gasteiger partial charge in [0.15, 0.2) is 0 Å². The maximum absolute atomic E-state index is 5.73. The van der Waals surface area contributed by atoms with Gasteiger partial charge in [0.1, 0.15) is 15.7 Å². The number of ether oxygens (including phenoxy) is 2. The van der Waals surface area contributed by atoms with E-state index in [0.29, 0.717) is 18.2 Å². The Kier molecular flexibility index (Phi) is 5.05. The van der Waals surface area contributed by atoms with Gasteiger partial charge in [-0.15, -0.1) is 11.3 Å². The maximum atomic E-state index is 5.73. The number of benzene rings is 1. The number of aromatic nitrogens is 1. The third-order valence-electron chi connectivity index (χ3n) is 2.61. The molecule has 1 aromatic heterocycles. The number of methoxy groups -OCH3 is 1. The monoisotopic (exact) mass is 308 g/mol. The molecule has 106 valence electrons. The van der Waals surface area contributed by atoms with Gasteiger partial charge in [-0.2, -0.15) is 0 Å². The van der Waals surface area contributed by atoms with Crippen molar-refractivity contribution in [1.29, 1.82) is 0 Å². The van der Waals surface area contributed by atoms with Crippen molar-refractivity contribution in [2.75, 3.05) is 13.7 Å². The minimum Gasteiger partial charge on any atom is -0.494 e. The van der Waals surface area contributed by atoms with Crippen molar-refractivity contribution in [3.63, 3.8) is 0 Å². The second-order valence-electron chi connectivity index (χ2n) is 4.05. The molecule has 0 aliphatic rings. The Labute approximate surface area is 127 Å². The van der Waals surface area contributed by atoms with Crippen LogP contribution in [0.2, 0.25) is 0 Å². The first-order valence-electron chi connectivity index (χ1n) is 6.17. The molecule has 0 saturated carbocycles. The minimum atomic E-state index is 0.353. The second-order valence-corrected chi connectivity index (χ2v) is 5.49. The number of nitrogens with zero attached hydrogens (tertiary/aromatic N) is 1. The van der Waals surface area contributed by atoms with E-state index in [1.54, 1.807) is 7.11 Å². The minimum absolute atomic E-state index is 0.353. The molecule has 2 aromatic rings. The van der Waals surface area contributed by atoms with Crippen molar-refractivity contribution >= 4 is 28.5 Å². The molecule has 1 heterocycles. The first-order valence-corrected chi connectivity index (χ1v) is 7.39. The van der Waals surface area contributed by atoms with Crippen LogP contribution in [0.25, 0.3) is 10.6 Å². The Hall–Kier alpha value is -1.50. The van der Waals surface area contributed by atoms with Crippen LogP contribution in [0.15, 0.2) is 24.3 Å². The van der Waals surface area contributed by atoms with Crippen molar-refractivity contribution in [2.45, 2.75) is 13.5 Å². The molecule has 4 nitrogen and oxygen atoms in total. The normalized spacial score (nSPS) is 10.5. The summed E-state index contributed by atoms with van der Waals surface area (Å²) in [4.78, 5) is 5.72. The molecule has 20 heavy (non-hydrogen) atoms. The van der Waals surface area contributed by atoms with Crippen LogP contribution in [0.5, 0.6) is 5.75 Å². The fourth-order valence-corrected chi connectivity index (χ4v) is 2.93. The number of thiazole rings is 1. The van der Waals surface area contributed by atoms with Crippen LogP contribution in [-0.4, -0.2) is 23.7 Å². The van der Waals surface area contributed by atoms with Crippen LogP contribution in [-0.2, 0) is 11.3 Å². The van der Waals surface area contributed by atoms with Gasteiger partial charge in [-0.05, 0) is 31.2 Å². The van der Waals surface area contributed by atoms with Crippen LogP contribution in [0.1, 0.15) is 17.5 Å². The zero-order valence-electron chi connectivity index (χ0n) is 11.4. The van der Waals surface area contributed by atoms with E-state index in [1.807, 2.05) is 31.2 Å². The highest BCUT2D eigenvalue weighted by atomic mass is 32.1. The van der Waals surface area contributed by atoms with E-state index in [1.165, 1.54) is 11.3 Å². The summed E-state index contributed by atoms with van der Waals surface area (Å²) in [5, 5.41) is 0.878.